The largest absolute Gasteiger partial charge is 0.489 e. The lowest BCUT2D eigenvalue weighted by atomic mass is 9.89. The van der Waals surface area contributed by atoms with Gasteiger partial charge in [-0.2, -0.15) is 0 Å². The van der Waals surface area contributed by atoms with E-state index in [1.807, 2.05) is 60.7 Å². The van der Waals surface area contributed by atoms with Crippen LogP contribution in [0.15, 0.2) is 91.0 Å². The summed E-state index contributed by atoms with van der Waals surface area (Å²) in [6.07, 6.45) is 1.71. The lowest BCUT2D eigenvalue weighted by Crippen LogP contribution is -2.17. The van der Waals surface area contributed by atoms with Crippen molar-refractivity contribution in [1.29, 1.82) is 0 Å². The predicted molar refractivity (Wildman–Crippen MR) is 154 cm³/mol. The molecule has 5 nitrogen and oxygen atoms in total. The summed E-state index contributed by atoms with van der Waals surface area (Å²) >= 11 is 0. The van der Waals surface area contributed by atoms with Crippen LogP contribution in [0.4, 0.5) is 4.39 Å². The van der Waals surface area contributed by atoms with E-state index < -0.39 is 5.97 Å². The van der Waals surface area contributed by atoms with Crippen LogP contribution in [0.2, 0.25) is 0 Å². The van der Waals surface area contributed by atoms with E-state index in [1.165, 1.54) is 6.07 Å². The van der Waals surface area contributed by atoms with Gasteiger partial charge in [-0.05, 0) is 85.0 Å². The van der Waals surface area contributed by atoms with Crippen LogP contribution in [0.1, 0.15) is 45.9 Å². The first kappa shape index (κ1) is 25.8. The number of benzene rings is 4. The number of fused-ring (bicyclic) bond motifs is 1. The second kappa shape index (κ2) is 11.0. The van der Waals surface area contributed by atoms with Gasteiger partial charge in [-0.3, -0.25) is 0 Å². The van der Waals surface area contributed by atoms with Gasteiger partial charge in [-0.1, -0.05) is 42.5 Å². The summed E-state index contributed by atoms with van der Waals surface area (Å²) < 4.78 is 28.5. The zero-order valence-electron chi connectivity index (χ0n) is 22.3. The van der Waals surface area contributed by atoms with Gasteiger partial charge in [-0.15, -0.1) is 0 Å². The summed E-state index contributed by atoms with van der Waals surface area (Å²) in [5, 5.41) is 10.5. The second-order valence-electron chi connectivity index (χ2n) is 10.3. The van der Waals surface area contributed by atoms with Crippen molar-refractivity contribution in [3.63, 3.8) is 0 Å². The van der Waals surface area contributed by atoms with Crippen molar-refractivity contribution >= 4 is 16.9 Å². The first-order valence-electron chi connectivity index (χ1n) is 13.5. The number of carboxylic acids is 1. The third-order valence-electron chi connectivity index (χ3n) is 7.65. The number of rotatable bonds is 7. The number of aromatic nitrogens is 1. The Hall–Kier alpha value is -4.42. The highest BCUT2D eigenvalue weighted by molar-refractivity contribution is 6.01. The van der Waals surface area contributed by atoms with Crippen LogP contribution in [0.25, 0.3) is 27.7 Å². The maximum absolute atomic E-state index is 14.3. The smallest absolute Gasteiger partial charge is 0.335 e. The van der Waals surface area contributed by atoms with Gasteiger partial charge in [0.05, 0.1) is 11.1 Å². The number of hydrogen-bond acceptors (Lipinski definition) is 3. The Labute approximate surface area is 232 Å². The number of hydrogen-bond donors (Lipinski definition) is 1. The quantitative estimate of drug-likeness (QED) is 0.230. The Balaban J connectivity index is 1.58. The van der Waals surface area contributed by atoms with Crippen LogP contribution < -0.4 is 4.74 Å². The van der Waals surface area contributed by atoms with E-state index in [-0.39, 0.29) is 17.3 Å². The van der Waals surface area contributed by atoms with Crippen molar-refractivity contribution in [3.8, 4) is 22.6 Å². The van der Waals surface area contributed by atoms with Gasteiger partial charge in [0.1, 0.15) is 18.2 Å². The van der Waals surface area contributed by atoms with Crippen molar-refractivity contribution in [2.45, 2.75) is 32.3 Å². The van der Waals surface area contributed by atoms with Crippen LogP contribution in [0.3, 0.4) is 0 Å². The Bertz CT molecular complexity index is 1670. The van der Waals surface area contributed by atoms with Gasteiger partial charge >= 0.3 is 5.97 Å². The Kier molecular flexibility index (Phi) is 7.10. The van der Waals surface area contributed by atoms with Crippen LogP contribution in [0, 0.1) is 12.7 Å². The molecule has 0 saturated carbocycles. The van der Waals surface area contributed by atoms with E-state index in [9.17, 15) is 14.3 Å². The lowest BCUT2D eigenvalue weighted by Gasteiger charge is -2.26. The van der Waals surface area contributed by atoms with Gasteiger partial charge < -0.3 is 19.1 Å². The number of carbonyl (C=O) groups is 1. The molecule has 0 aliphatic carbocycles. The molecule has 1 aliphatic heterocycles. The fourth-order valence-electron chi connectivity index (χ4n) is 5.61. The molecule has 0 radical (unpaired) electrons. The highest BCUT2D eigenvalue weighted by Crippen LogP contribution is 2.44. The standard InChI is InChI=1S/C34H30FNO4/c1-22-19-27(11-13-30(22)35)36-31-14-12-28(40-21-23-5-3-2-4-6-23)20-29(31)32(33(36)25-15-17-39-18-16-25)24-7-9-26(10-8-24)34(37)38/h2-14,19-20,25H,15-18,21H2,1H3,(H,37,38). The number of aromatic carboxylic acids is 1. The van der Waals surface area contributed by atoms with E-state index in [4.69, 9.17) is 9.47 Å². The maximum atomic E-state index is 14.3. The maximum Gasteiger partial charge on any atom is 0.335 e. The summed E-state index contributed by atoms with van der Waals surface area (Å²) in [5.74, 6) is -0.258. The summed E-state index contributed by atoms with van der Waals surface area (Å²) in [5.41, 5.74) is 6.84. The van der Waals surface area contributed by atoms with Crippen LogP contribution in [-0.4, -0.2) is 28.9 Å². The molecule has 6 rings (SSSR count). The molecule has 0 unspecified atom stereocenters. The predicted octanol–water partition coefficient (Wildman–Crippen LogP) is 7.92. The Morgan fingerprint density at radius 2 is 1.73 bits per heavy atom. The van der Waals surface area contributed by atoms with Crippen LogP contribution in [-0.2, 0) is 11.3 Å². The molecule has 1 N–H and O–H groups in total. The summed E-state index contributed by atoms with van der Waals surface area (Å²) in [7, 11) is 0. The fourth-order valence-corrected chi connectivity index (χ4v) is 5.61. The molecule has 1 saturated heterocycles. The van der Waals surface area contributed by atoms with Gasteiger partial charge in [-0.25, -0.2) is 9.18 Å². The fraction of sp³-hybridized carbons (Fsp3) is 0.206. The lowest BCUT2D eigenvalue weighted by molar-refractivity contribution is 0.0697. The Morgan fingerprint density at radius 3 is 2.42 bits per heavy atom. The van der Waals surface area contributed by atoms with E-state index >= 15 is 0 Å². The van der Waals surface area contributed by atoms with Gasteiger partial charge in [0.15, 0.2) is 0 Å². The molecule has 1 aliphatic rings. The van der Waals surface area contributed by atoms with Crippen LogP contribution >= 0.6 is 0 Å². The van der Waals surface area contributed by atoms with Gasteiger partial charge in [0.25, 0.3) is 0 Å². The molecule has 202 valence electrons. The molecular formula is C34H30FNO4. The molecule has 4 aromatic carbocycles. The third-order valence-corrected chi connectivity index (χ3v) is 7.65. The van der Waals surface area contributed by atoms with Crippen molar-refractivity contribution in [2.24, 2.45) is 0 Å². The number of aryl methyl sites for hydroxylation is 1. The van der Waals surface area contributed by atoms with E-state index in [0.29, 0.717) is 25.4 Å². The van der Waals surface area contributed by atoms with Crippen molar-refractivity contribution in [2.75, 3.05) is 13.2 Å². The van der Waals surface area contributed by atoms with Crippen molar-refractivity contribution < 1.29 is 23.8 Å². The van der Waals surface area contributed by atoms with Crippen molar-refractivity contribution in [3.05, 3.63) is 119 Å². The molecule has 5 aromatic rings. The second-order valence-corrected chi connectivity index (χ2v) is 10.3. The number of nitrogens with zero attached hydrogens (tertiary/aromatic N) is 1. The highest BCUT2D eigenvalue weighted by Gasteiger charge is 2.28. The zero-order chi connectivity index (χ0) is 27.6. The molecule has 0 atom stereocenters. The number of ether oxygens (including phenoxy) is 2. The van der Waals surface area contributed by atoms with E-state index in [1.54, 1.807) is 19.1 Å². The minimum atomic E-state index is -0.961. The minimum absolute atomic E-state index is 0.203. The summed E-state index contributed by atoms with van der Waals surface area (Å²) in [6, 6.07) is 28.4. The molecule has 6 heteroatoms. The molecule has 1 aromatic heterocycles. The van der Waals surface area contributed by atoms with Crippen molar-refractivity contribution in [1.82, 2.24) is 4.57 Å². The number of halogens is 1. The normalized spacial score (nSPS) is 13.9. The molecule has 0 amide bonds. The minimum Gasteiger partial charge on any atom is -0.489 e. The van der Waals surface area contributed by atoms with Gasteiger partial charge in [0, 0.05) is 41.5 Å². The number of carboxylic acid groups (broad SMARTS) is 1. The third kappa shape index (κ3) is 4.98. The Morgan fingerprint density at radius 1 is 0.975 bits per heavy atom. The topological polar surface area (TPSA) is 60.7 Å². The summed E-state index contributed by atoms with van der Waals surface area (Å²) in [6.45, 7) is 3.55. The van der Waals surface area contributed by atoms with Gasteiger partial charge in [0.2, 0.25) is 0 Å². The first-order valence-corrected chi connectivity index (χ1v) is 13.5. The average Bonchev–Trinajstić information content (AvgIpc) is 3.33. The molecule has 0 bridgehead atoms. The molecule has 1 fully saturated rings. The van der Waals surface area contributed by atoms with Crippen LogP contribution in [0.5, 0.6) is 5.75 Å². The molecule has 0 spiro atoms. The summed E-state index contributed by atoms with van der Waals surface area (Å²) in [4.78, 5) is 11.6. The monoisotopic (exact) mass is 535 g/mol. The molecule has 2 heterocycles. The first-order chi connectivity index (χ1) is 19.5. The molecule has 40 heavy (non-hydrogen) atoms. The SMILES string of the molecule is Cc1cc(-n2c(C3CCOCC3)c(-c3ccc(C(=O)O)cc3)c3cc(OCc4ccccc4)ccc32)ccc1F. The van der Waals surface area contributed by atoms with E-state index in [0.717, 1.165) is 57.6 Å². The zero-order valence-corrected chi connectivity index (χ0v) is 22.3. The molecular weight excluding hydrogens is 505 g/mol. The van der Waals surface area contributed by atoms with E-state index in [2.05, 4.69) is 16.7 Å². The highest BCUT2D eigenvalue weighted by atomic mass is 19.1. The average molecular weight is 536 g/mol.